The van der Waals surface area contributed by atoms with Gasteiger partial charge in [0.15, 0.2) is 6.04 Å². The van der Waals surface area contributed by atoms with Gasteiger partial charge in [-0.05, 0) is 42.2 Å². The molecule has 0 saturated heterocycles. The number of fused-ring (bicyclic) bond motifs is 2. The summed E-state index contributed by atoms with van der Waals surface area (Å²) in [7, 11) is 0. The summed E-state index contributed by atoms with van der Waals surface area (Å²) in [6.07, 6.45) is 3.07. The molecule has 5 rings (SSSR count). The van der Waals surface area contributed by atoms with E-state index in [0.717, 1.165) is 30.7 Å². The molecule has 0 fully saturated rings. The van der Waals surface area contributed by atoms with E-state index in [4.69, 9.17) is 0 Å². The second kappa shape index (κ2) is 8.40. The number of H-pyrrole nitrogens is 1. The van der Waals surface area contributed by atoms with E-state index in [0.29, 0.717) is 0 Å². The topological polar surface area (TPSA) is 52.7 Å². The van der Waals surface area contributed by atoms with E-state index >= 15 is 0 Å². The summed E-state index contributed by atoms with van der Waals surface area (Å²) >= 11 is 0. The Morgan fingerprint density at radius 2 is 1.74 bits per heavy atom. The number of carbonyl (C=O) groups excluding carboxylic acids is 1. The van der Waals surface area contributed by atoms with Crippen LogP contribution in [0.1, 0.15) is 29.5 Å². The van der Waals surface area contributed by atoms with Gasteiger partial charge in [0.1, 0.15) is 0 Å². The highest BCUT2D eigenvalue weighted by atomic mass is 16.2. The van der Waals surface area contributed by atoms with Gasteiger partial charge < -0.3 is 15.2 Å². The van der Waals surface area contributed by atoms with Crippen molar-refractivity contribution >= 4 is 22.5 Å². The van der Waals surface area contributed by atoms with Gasteiger partial charge >= 0.3 is 0 Å². The number of nitrogens with two attached hydrogens (primary N) is 1. The van der Waals surface area contributed by atoms with Crippen molar-refractivity contribution in [2.75, 3.05) is 18.0 Å². The lowest BCUT2D eigenvalue weighted by Gasteiger charge is -2.22. The number of amides is 1. The first-order chi connectivity index (χ1) is 15.2. The summed E-state index contributed by atoms with van der Waals surface area (Å²) in [5, 5.41) is 3.44. The fourth-order valence-electron chi connectivity index (χ4n) is 4.76. The molecule has 2 atom stereocenters. The highest BCUT2D eigenvalue weighted by Gasteiger charge is 2.30. The molecule has 0 radical (unpaired) electrons. The number of hydrogen-bond donors (Lipinski definition) is 2. The third-order valence-electron chi connectivity index (χ3n) is 6.47. The number of aromatic amines is 1. The Balaban J connectivity index is 1.37. The minimum Gasteiger partial charge on any atom is -0.361 e. The maximum Gasteiger partial charge on any atom is 0.284 e. The molecule has 3 aromatic carbocycles. The van der Waals surface area contributed by atoms with Gasteiger partial charge in [0, 0.05) is 29.3 Å². The van der Waals surface area contributed by atoms with Crippen LogP contribution in [0.15, 0.2) is 85.1 Å². The molecular formula is C27H28N3O+. The van der Waals surface area contributed by atoms with Crippen LogP contribution in [0.4, 0.5) is 5.69 Å². The molecule has 0 aliphatic carbocycles. The average molecular weight is 411 g/mol. The third kappa shape index (κ3) is 3.75. The fourth-order valence-corrected chi connectivity index (χ4v) is 4.76. The first-order valence-electron chi connectivity index (χ1n) is 11.1. The highest BCUT2D eigenvalue weighted by molar-refractivity contribution is 5.97. The van der Waals surface area contributed by atoms with Crippen molar-refractivity contribution in [1.82, 2.24) is 4.98 Å². The number of aromatic nitrogens is 1. The fraction of sp³-hybridized carbons (Fsp3) is 0.222. The Morgan fingerprint density at radius 1 is 1.00 bits per heavy atom. The maximum atomic E-state index is 13.2. The van der Waals surface area contributed by atoms with Crippen LogP contribution in [0.3, 0.4) is 0 Å². The molecule has 0 saturated carbocycles. The molecule has 0 unspecified atom stereocenters. The molecule has 4 nitrogen and oxygen atoms in total. The monoisotopic (exact) mass is 410 g/mol. The predicted octanol–water partition coefficient (Wildman–Crippen LogP) is 3.84. The van der Waals surface area contributed by atoms with Gasteiger partial charge in [-0.2, -0.15) is 0 Å². The van der Waals surface area contributed by atoms with E-state index < -0.39 is 0 Å². The minimum absolute atomic E-state index is 0.137. The van der Waals surface area contributed by atoms with Crippen LogP contribution < -0.4 is 10.2 Å². The molecule has 3 N–H and O–H groups in total. The SMILES string of the molecule is C[C@@H]([NH2+]C[C@H](c1ccccc1)c1c[nH]c2ccccc12)C(=O)N1CCc2ccccc21. The van der Waals surface area contributed by atoms with Crippen LogP contribution in [0.2, 0.25) is 0 Å². The normalized spacial score (nSPS) is 15.1. The van der Waals surface area contributed by atoms with Crippen molar-refractivity contribution in [3.63, 3.8) is 0 Å². The van der Waals surface area contributed by atoms with Crippen molar-refractivity contribution < 1.29 is 10.1 Å². The second-order valence-electron chi connectivity index (χ2n) is 8.38. The second-order valence-corrected chi connectivity index (χ2v) is 8.38. The summed E-state index contributed by atoms with van der Waals surface area (Å²) in [5.74, 6) is 0.397. The van der Waals surface area contributed by atoms with E-state index in [1.807, 2.05) is 24.0 Å². The molecule has 156 valence electrons. The number of benzene rings is 3. The van der Waals surface area contributed by atoms with Crippen LogP contribution in [-0.2, 0) is 11.2 Å². The van der Waals surface area contributed by atoms with Gasteiger partial charge in [-0.1, -0.05) is 66.7 Å². The van der Waals surface area contributed by atoms with Crippen LogP contribution in [0.25, 0.3) is 10.9 Å². The van der Waals surface area contributed by atoms with Crippen molar-refractivity contribution in [1.29, 1.82) is 0 Å². The van der Waals surface area contributed by atoms with E-state index in [9.17, 15) is 4.79 Å². The van der Waals surface area contributed by atoms with Crippen molar-refractivity contribution in [3.8, 4) is 0 Å². The van der Waals surface area contributed by atoms with E-state index in [2.05, 4.69) is 83.2 Å². The quantitative estimate of drug-likeness (QED) is 0.499. The molecule has 4 heteroatoms. The highest BCUT2D eigenvalue weighted by Crippen LogP contribution is 2.30. The smallest absolute Gasteiger partial charge is 0.284 e. The predicted molar refractivity (Wildman–Crippen MR) is 125 cm³/mol. The number of rotatable bonds is 6. The van der Waals surface area contributed by atoms with Gasteiger partial charge in [-0.3, -0.25) is 4.79 Å². The first kappa shape index (κ1) is 19.6. The summed E-state index contributed by atoms with van der Waals surface area (Å²) in [4.78, 5) is 18.6. The molecule has 1 aliphatic heterocycles. The van der Waals surface area contributed by atoms with Crippen LogP contribution in [-0.4, -0.2) is 30.0 Å². The molecule has 0 bridgehead atoms. The zero-order valence-corrected chi connectivity index (χ0v) is 17.8. The van der Waals surface area contributed by atoms with Crippen LogP contribution >= 0.6 is 0 Å². The number of nitrogens with one attached hydrogen (secondary N) is 1. The first-order valence-corrected chi connectivity index (χ1v) is 11.1. The number of anilines is 1. The Hall–Kier alpha value is -3.37. The Kier molecular flexibility index (Phi) is 5.31. The molecule has 0 spiro atoms. The average Bonchev–Trinajstić information content (AvgIpc) is 3.44. The number of hydrogen-bond acceptors (Lipinski definition) is 1. The summed E-state index contributed by atoms with van der Waals surface area (Å²) in [6.45, 7) is 3.62. The van der Waals surface area contributed by atoms with Gasteiger partial charge in [0.05, 0.1) is 12.5 Å². The summed E-state index contributed by atoms with van der Waals surface area (Å²) in [5.41, 5.74) is 6.04. The molecule has 4 aromatic rings. The van der Waals surface area contributed by atoms with Crippen LogP contribution in [0.5, 0.6) is 0 Å². The third-order valence-corrected chi connectivity index (χ3v) is 6.47. The molecule has 1 aliphatic rings. The number of para-hydroxylation sites is 2. The Labute approximate surface area is 182 Å². The molecule has 2 heterocycles. The number of carbonyl (C=O) groups is 1. The van der Waals surface area contributed by atoms with Crippen LogP contribution in [0, 0.1) is 0 Å². The van der Waals surface area contributed by atoms with E-state index in [1.165, 1.54) is 22.1 Å². The van der Waals surface area contributed by atoms with Gasteiger partial charge in [0.25, 0.3) is 5.91 Å². The molecule has 1 aromatic heterocycles. The van der Waals surface area contributed by atoms with Crippen molar-refractivity contribution in [3.05, 3.63) is 102 Å². The van der Waals surface area contributed by atoms with Crippen molar-refractivity contribution in [2.45, 2.75) is 25.3 Å². The molecule has 1 amide bonds. The zero-order chi connectivity index (χ0) is 21.2. The largest absolute Gasteiger partial charge is 0.361 e. The number of quaternary nitrogens is 1. The Morgan fingerprint density at radius 3 is 2.61 bits per heavy atom. The zero-order valence-electron chi connectivity index (χ0n) is 17.8. The lowest BCUT2D eigenvalue weighted by Crippen LogP contribution is -2.92. The lowest BCUT2D eigenvalue weighted by molar-refractivity contribution is -0.674. The lowest BCUT2D eigenvalue weighted by atomic mass is 9.90. The maximum absolute atomic E-state index is 13.2. The molecule has 31 heavy (non-hydrogen) atoms. The van der Waals surface area contributed by atoms with E-state index in [1.54, 1.807) is 0 Å². The number of nitrogens with zero attached hydrogens (tertiary/aromatic N) is 1. The van der Waals surface area contributed by atoms with Gasteiger partial charge in [-0.15, -0.1) is 0 Å². The Bertz CT molecular complexity index is 1200. The molecular weight excluding hydrogens is 382 g/mol. The summed E-state index contributed by atoms with van der Waals surface area (Å²) < 4.78 is 0. The van der Waals surface area contributed by atoms with Gasteiger partial charge in [-0.25, -0.2) is 0 Å². The minimum atomic E-state index is -0.137. The summed E-state index contributed by atoms with van der Waals surface area (Å²) in [6, 6.07) is 27.1. The van der Waals surface area contributed by atoms with E-state index in [-0.39, 0.29) is 17.9 Å². The standard InChI is InChI=1S/C27H27N3O/c1-19(27(31)30-16-15-21-11-5-8-14-26(21)30)28-17-23(20-9-3-2-4-10-20)24-18-29-25-13-7-6-12-22(24)25/h2-14,18-19,23,28-29H,15-17H2,1H3/p+1/t19-,23-/m1/s1. The van der Waals surface area contributed by atoms with Gasteiger partial charge in [0.2, 0.25) is 0 Å². The van der Waals surface area contributed by atoms with Crippen molar-refractivity contribution in [2.24, 2.45) is 0 Å².